The second-order valence-corrected chi connectivity index (χ2v) is 11.0. The number of esters is 1. The van der Waals surface area contributed by atoms with Gasteiger partial charge in [0.2, 0.25) is 0 Å². The summed E-state index contributed by atoms with van der Waals surface area (Å²) in [7, 11) is 0. The Morgan fingerprint density at radius 3 is 2.58 bits per heavy atom. The van der Waals surface area contributed by atoms with Gasteiger partial charge in [-0.05, 0) is 50.7 Å². The van der Waals surface area contributed by atoms with E-state index in [2.05, 4.69) is 0 Å². The van der Waals surface area contributed by atoms with Crippen LogP contribution in [0.4, 0.5) is 4.39 Å². The molecule has 0 spiro atoms. The van der Waals surface area contributed by atoms with E-state index in [4.69, 9.17) is 16.3 Å². The standard InChI is InChI=1S/C26H32ClFO5/c1-5-6-22(32)33-26(21(31)14-27)15(2)11-19-18-8-7-16-12-17(29)9-10-23(16,3)25(18,28)20(30)13-24(19,26)4/h9-10,12,15,18-19H,5-8,11,13-14H2,1-4H3/t15-,18+,19-,23-,24-,25+,26+/m1/s1. The average molecular weight is 479 g/mol. The second-order valence-electron chi connectivity index (χ2n) is 10.7. The lowest BCUT2D eigenvalue weighted by atomic mass is 9.45. The predicted molar refractivity (Wildman–Crippen MR) is 121 cm³/mol. The maximum atomic E-state index is 17.1. The van der Waals surface area contributed by atoms with Gasteiger partial charge >= 0.3 is 5.97 Å². The van der Waals surface area contributed by atoms with Gasteiger partial charge in [-0.3, -0.25) is 19.2 Å². The smallest absolute Gasteiger partial charge is 0.306 e. The van der Waals surface area contributed by atoms with Gasteiger partial charge < -0.3 is 4.74 Å². The lowest BCUT2D eigenvalue weighted by Gasteiger charge is -2.59. The monoisotopic (exact) mass is 478 g/mol. The Balaban J connectivity index is 1.84. The summed E-state index contributed by atoms with van der Waals surface area (Å²) in [6.45, 7) is 7.19. The van der Waals surface area contributed by atoms with Crippen molar-refractivity contribution in [2.24, 2.45) is 28.6 Å². The highest BCUT2D eigenvalue weighted by molar-refractivity contribution is 6.29. The summed E-state index contributed by atoms with van der Waals surface area (Å²) in [5.41, 5.74) is -5.35. The van der Waals surface area contributed by atoms with Crippen molar-refractivity contribution < 1.29 is 28.3 Å². The summed E-state index contributed by atoms with van der Waals surface area (Å²) in [4.78, 5) is 51.7. The minimum Gasteiger partial charge on any atom is -0.450 e. The first-order valence-electron chi connectivity index (χ1n) is 11.9. The number of carbonyl (C=O) groups excluding carboxylic acids is 4. The van der Waals surface area contributed by atoms with Crippen LogP contribution in [-0.4, -0.2) is 40.5 Å². The molecule has 0 aromatic heterocycles. The number of ketones is 3. The molecule has 0 aromatic rings. The van der Waals surface area contributed by atoms with Crippen LogP contribution in [0.5, 0.6) is 0 Å². The Kier molecular flexibility index (Phi) is 5.79. The highest BCUT2D eigenvalue weighted by Crippen LogP contribution is 2.70. The number of halogens is 2. The van der Waals surface area contributed by atoms with E-state index in [1.807, 2.05) is 13.8 Å². The number of hydrogen-bond acceptors (Lipinski definition) is 5. The molecule has 0 amide bonds. The van der Waals surface area contributed by atoms with E-state index < -0.39 is 51.5 Å². The number of ether oxygens (including phenoxy) is 1. The zero-order valence-electron chi connectivity index (χ0n) is 19.7. The largest absolute Gasteiger partial charge is 0.450 e. The number of allylic oxidation sites excluding steroid dienone is 4. The van der Waals surface area contributed by atoms with Crippen molar-refractivity contribution >= 4 is 34.9 Å². The summed E-state index contributed by atoms with van der Waals surface area (Å²) >= 11 is 6.02. The maximum absolute atomic E-state index is 17.1. The van der Waals surface area contributed by atoms with E-state index in [-0.39, 0.29) is 30.4 Å². The molecule has 0 aromatic carbocycles. The number of hydrogen-bond donors (Lipinski definition) is 0. The minimum absolute atomic E-state index is 0.153. The van der Waals surface area contributed by atoms with E-state index in [9.17, 15) is 19.2 Å². The SMILES string of the molecule is CCCC(=O)O[C@]1(C(=O)CCl)[C@H](C)C[C@@H]2[C@@H]3CCC4=CC(=O)C=C[C@@]4(C)[C@@]3(F)C(=O)C[C@]21C. The van der Waals surface area contributed by atoms with E-state index in [1.54, 1.807) is 19.9 Å². The molecule has 4 aliphatic carbocycles. The van der Waals surface area contributed by atoms with Crippen LogP contribution < -0.4 is 0 Å². The molecule has 4 rings (SSSR count). The van der Waals surface area contributed by atoms with Crippen molar-refractivity contribution in [3.63, 3.8) is 0 Å². The van der Waals surface area contributed by atoms with Gasteiger partial charge in [0.05, 0.1) is 5.88 Å². The molecule has 0 N–H and O–H groups in total. The average Bonchev–Trinajstić information content (AvgIpc) is 2.97. The van der Waals surface area contributed by atoms with Crippen LogP contribution in [0.2, 0.25) is 0 Å². The molecule has 0 saturated heterocycles. The van der Waals surface area contributed by atoms with Gasteiger partial charge in [0.15, 0.2) is 28.6 Å². The van der Waals surface area contributed by atoms with Gasteiger partial charge in [-0.25, -0.2) is 4.39 Å². The van der Waals surface area contributed by atoms with Crippen LogP contribution in [0.1, 0.15) is 66.2 Å². The molecule has 0 unspecified atom stereocenters. The fourth-order valence-corrected chi connectivity index (χ4v) is 7.86. The summed E-state index contributed by atoms with van der Waals surface area (Å²) in [5.74, 6) is -3.45. The maximum Gasteiger partial charge on any atom is 0.306 e. The Morgan fingerprint density at radius 2 is 1.94 bits per heavy atom. The van der Waals surface area contributed by atoms with E-state index in [0.717, 1.165) is 0 Å². The first-order valence-corrected chi connectivity index (χ1v) is 12.4. The summed E-state index contributed by atoms with van der Waals surface area (Å²) in [6, 6.07) is 0. The highest BCUT2D eigenvalue weighted by atomic mass is 35.5. The van der Waals surface area contributed by atoms with Crippen LogP contribution in [-0.2, 0) is 23.9 Å². The van der Waals surface area contributed by atoms with Gasteiger partial charge in [-0.1, -0.05) is 32.4 Å². The van der Waals surface area contributed by atoms with Crippen molar-refractivity contribution in [2.75, 3.05) is 5.88 Å². The van der Waals surface area contributed by atoms with Crippen LogP contribution in [0.25, 0.3) is 0 Å². The van der Waals surface area contributed by atoms with Gasteiger partial charge in [-0.15, -0.1) is 11.6 Å². The molecule has 0 radical (unpaired) electrons. The number of Topliss-reactive ketones (excluding diaryl/α,β-unsaturated/α-hetero) is 2. The van der Waals surface area contributed by atoms with E-state index in [0.29, 0.717) is 31.3 Å². The van der Waals surface area contributed by atoms with Crippen LogP contribution in [0.15, 0.2) is 23.8 Å². The molecular formula is C26H32ClFO5. The van der Waals surface area contributed by atoms with Gasteiger partial charge in [-0.2, -0.15) is 0 Å². The summed E-state index contributed by atoms with van der Waals surface area (Å²) in [6.07, 6.45) is 6.21. The first-order chi connectivity index (χ1) is 15.4. The third-order valence-electron chi connectivity index (χ3n) is 9.21. The van der Waals surface area contributed by atoms with Crippen molar-refractivity contribution in [3.05, 3.63) is 23.8 Å². The van der Waals surface area contributed by atoms with Crippen molar-refractivity contribution in [3.8, 4) is 0 Å². The highest BCUT2D eigenvalue weighted by Gasteiger charge is 2.77. The Morgan fingerprint density at radius 1 is 1.24 bits per heavy atom. The summed E-state index contributed by atoms with van der Waals surface area (Å²) < 4.78 is 23.1. The molecule has 7 atom stereocenters. The molecule has 0 bridgehead atoms. The lowest BCUT2D eigenvalue weighted by molar-refractivity contribution is -0.201. The molecule has 5 nitrogen and oxygen atoms in total. The number of alkyl halides is 2. The Bertz CT molecular complexity index is 987. The number of carbonyl (C=O) groups is 4. The third kappa shape index (κ3) is 2.95. The van der Waals surface area contributed by atoms with Crippen molar-refractivity contribution in [1.29, 1.82) is 0 Å². The molecule has 3 saturated carbocycles. The van der Waals surface area contributed by atoms with Gasteiger partial charge in [0.1, 0.15) is 0 Å². The Hall–Kier alpha value is -1.82. The lowest BCUT2D eigenvalue weighted by Crippen LogP contribution is -2.68. The minimum atomic E-state index is -2.19. The van der Waals surface area contributed by atoms with Crippen molar-refractivity contribution in [2.45, 2.75) is 77.5 Å². The van der Waals surface area contributed by atoms with Crippen molar-refractivity contribution in [1.82, 2.24) is 0 Å². The van der Waals surface area contributed by atoms with E-state index >= 15 is 4.39 Å². The molecule has 180 valence electrons. The molecule has 4 aliphatic rings. The normalized spacial score (nSPS) is 43.9. The first kappa shape index (κ1) is 24.3. The van der Waals surface area contributed by atoms with Gasteiger partial charge in [0.25, 0.3) is 0 Å². The second kappa shape index (κ2) is 7.86. The Labute approximate surface area is 199 Å². The van der Waals surface area contributed by atoms with Crippen LogP contribution in [0, 0.1) is 28.6 Å². The predicted octanol–water partition coefficient (Wildman–Crippen LogP) is 4.70. The molecule has 0 heterocycles. The fraction of sp³-hybridized carbons (Fsp3) is 0.692. The molecule has 0 aliphatic heterocycles. The molecular weight excluding hydrogens is 447 g/mol. The molecule has 3 fully saturated rings. The van der Waals surface area contributed by atoms with Crippen LogP contribution in [0.3, 0.4) is 0 Å². The summed E-state index contributed by atoms with van der Waals surface area (Å²) in [5, 5.41) is 0. The van der Waals surface area contributed by atoms with Crippen LogP contribution >= 0.6 is 11.6 Å². The number of rotatable bonds is 5. The zero-order valence-corrected chi connectivity index (χ0v) is 20.5. The van der Waals surface area contributed by atoms with Gasteiger partial charge in [0, 0.05) is 35.5 Å². The number of fused-ring (bicyclic) bond motifs is 5. The quantitative estimate of drug-likeness (QED) is 0.422. The fourth-order valence-electron chi connectivity index (χ4n) is 7.66. The molecule has 33 heavy (non-hydrogen) atoms. The topological polar surface area (TPSA) is 77.5 Å². The zero-order chi connectivity index (χ0) is 24.4. The third-order valence-corrected chi connectivity index (χ3v) is 9.45. The van der Waals surface area contributed by atoms with E-state index in [1.165, 1.54) is 12.2 Å². The molecule has 7 heteroatoms.